The number of rotatable bonds is 1. The zero-order valence-corrected chi connectivity index (χ0v) is 17.5. The molecule has 28 heavy (non-hydrogen) atoms. The molecule has 1 N–H and O–H groups in total. The highest BCUT2D eigenvalue weighted by Gasteiger charge is 2.61. The molecule has 4 nitrogen and oxygen atoms in total. The maximum Gasteiger partial charge on any atom is 0.170 e. The number of hydrogen-bond donors (Lipinski definition) is 1. The van der Waals surface area contributed by atoms with Crippen LogP contribution in [-0.2, 0) is 11.2 Å². The third-order valence-electron chi connectivity index (χ3n) is 7.01. The summed E-state index contributed by atoms with van der Waals surface area (Å²) >= 11 is 0. The zero-order chi connectivity index (χ0) is 19.6. The Kier molecular flexibility index (Phi) is 4.07. The summed E-state index contributed by atoms with van der Waals surface area (Å²) in [4.78, 5) is 2.57. The Morgan fingerprint density at radius 1 is 1.00 bits per heavy atom. The number of morpholine rings is 1. The first kappa shape index (κ1) is 18.4. The van der Waals surface area contributed by atoms with Gasteiger partial charge in [0, 0.05) is 42.1 Å². The Bertz CT molecular complexity index is 901. The van der Waals surface area contributed by atoms with E-state index in [4.69, 9.17) is 9.47 Å². The minimum Gasteiger partial charge on any atom is -0.472 e. The van der Waals surface area contributed by atoms with Crippen molar-refractivity contribution in [2.75, 3.05) is 26.3 Å². The lowest BCUT2D eigenvalue weighted by atomic mass is 9.64. The van der Waals surface area contributed by atoms with Gasteiger partial charge in [0.1, 0.15) is 5.75 Å². The molecule has 0 radical (unpaired) electrons. The second-order valence-corrected chi connectivity index (χ2v) is 9.97. The lowest BCUT2D eigenvalue weighted by molar-refractivity contribution is -0.212. The Morgan fingerprint density at radius 2 is 1.75 bits per heavy atom. The molecule has 2 aromatic rings. The van der Waals surface area contributed by atoms with Gasteiger partial charge in [-0.05, 0) is 51.0 Å². The molecule has 5 rings (SSSR count). The smallest absolute Gasteiger partial charge is 0.170 e. The van der Waals surface area contributed by atoms with Crippen LogP contribution >= 0.6 is 0 Å². The second kappa shape index (κ2) is 6.19. The quantitative estimate of drug-likeness (QED) is 0.812. The van der Waals surface area contributed by atoms with Gasteiger partial charge in [0.05, 0.1) is 13.2 Å². The van der Waals surface area contributed by atoms with Crippen molar-refractivity contribution >= 4 is 10.8 Å². The fourth-order valence-electron chi connectivity index (χ4n) is 6.20. The van der Waals surface area contributed by atoms with Crippen LogP contribution in [0.15, 0.2) is 36.4 Å². The molecule has 3 heterocycles. The van der Waals surface area contributed by atoms with Crippen molar-refractivity contribution < 1.29 is 9.47 Å². The Labute approximate surface area is 168 Å². The van der Waals surface area contributed by atoms with E-state index in [9.17, 15) is 0 Å². The molecule has 0 spiro atoms. The fraction of sp³-hybridized carbons (Fsp3) is 0.583. The van der Waals surface area contributed by atoms with Crippen LogP contribution in [-0.4, -0.2) is 48.0 Å². The largest absolute Gasteiger partial charge is 0.472 e. The van der Waals surface area contributed by atoms with E-state index in [2.05, 4.69) is 74.3 Å². The number of piperidine rings is 1. The molecular weight excluding hydrogens is 348 g/mol. The normalized spacial score (nSPS) is 31.6. The van der Waals surface area contributed by atoms with E-state index in [0.29, 0.717) is 5.92 Å². The van der Waals surface area contributed by atoms with E-state index in [-0.39, 0.29) is 16.8 Å². The average Bonchev–Trinajstić information content (AvgIpc) is 2.66. The second-order valence-electron chi connectivity index (χ2n) is 9.97. The summed E-state index contributed by atoms with van der Waals surface area (Å²) in [5.74, 6) is 1.43. The molecule has 0 bridgehead atoms. The monoisotopic (exact) mass is 380 g/mol. The molecule has 4 heteroatoms. The van der Waals surface area contributed by atoms with E-state index >= 15 is 0 Å². The molecule has 0 saturated carbocycles. The van der Waals surface area contributed by atoms with Crippen LogP contribution in [0.5, 0.6) is 5.75 Å². The molecule has 0 amide bonds. The van der Waals surface area contributed by atoms with Crippen molar-refractivity contribution in [1.82, 2.24) is 10.2 Å². The van der Waals surface area contributed by atoms with Crippen molar-refractivity contribution in [2.45, 2.75) is 57.3 Å². The topological polar surface area (TPSA) is 33.7 Å². The van der Waals surface area contributed by atoms with E-state index in [1.54, 1.807) is 0 Å². The lowest BCUT2D eigenvalue weighted by Gasteiger charge is -2.63. The van der Waals surface area contributed by atoms with Gasteiger partial charge in [-0.1, -0.05) is 30.3 Å². The molecule has 2 atom stereocenters. The van der Waals surface area contributed by atoms with Crippen molar-refractivity contribution in [1.29, 1.82) is 0 Å². The van der Waals surface area contributed by atoms with E-state index in [1.807, 2.05) is 0 Å². The Morgan fingerprint density at radius 3 is 2.54 bits per heavy atom. The van der Waals surface area contributed by atoms with Crippen LogP contribution in [0.2, 0.25) is 0 Å². The molecule has 0 unspecified atom stereocenters. The molecule has 0 aromatic heterocycles. The summed E-state index contributed by atoms with van der Waals surface area (Å²) in [5.41, 5.74) is 1.04. The van der Waals surface area contributed by atoms with Crippen molar-refractivity contribution in [3.8, 4) is 5.75 Å². The average molecular weight is 381 g/mol. The van der Waals surface area contributed by atoms with Crippen LogP contribution in [0.25, 0.3) is 10.8 Å². The number of hydrogen-bond acceptors (Lipinski definition) is 4. The highest BCUT2D eigenvalue weighted by Crippen LogP contribution is 2.52. The SMILES string of the molecule is CC1(C)C[C@@]2(N3CCOCC3)Oc3ccc4ccccc4c3C[C@H]2C(C)(C)N1. The van der Waals surface area contributed by atoms with Crippen LogP contribution in [0.3, 0.4) is 0 Å². The van der Waals surface area contributed by atoms with Gasteiger partial charge in [-0.2, -0.15) is 0 Å². The predicted molar refractivity (Wildman–Crippen MR) is 113 cm³/mol. The number of nitrogens with zero attached hydrogens (tertiary/aromatic N) is 1. The van der Waals surface area contributed by atoms with Gasteiger partial charge in [-0.25, -0.2) is 0 Å². The summed E-state index contributed by atoms with van der Waals surface area (Å²) in [6.07, 6.45) is 2.00. The third kappa shape index (κ3) is 2.77. The fourth-order valence-corrected chi connectivity index (χ4v) is 6.20. The number of nitrogens with one attached hydrogen (secondary N) is 1. The summed E-state index contributed by atoms with van der Waals surface area (Å²) in [5, 5.41) is 6.56. The standard InChI is InChI=1S/C24H32N2O2/c1-22(2)16-24(26-11-13-27-14-12-26)21(23(3,4)25-22)15-19-18-8-6-5-7-17(18)9-10-20(19)28-24/h5-10,21,25H,11-16H2,1-4H3/t21-,24+/m0/s1. The minimum atomic E-state index is -0.294. The summed E-state index contributed by atoms with van der Waals surface area (Å²) < 4.78 is 12.8. The van der Waals surface area contributed by atoms with Gasteiger partial charge in [0.2, 0.25) is 0 Å². The molecule has 150 valence electrons. The number of ether oxygens (including phenoxy) is 2. The third-order valence-corrected chi connectivity index (χ3v) is 7.01. The van der Waals surface area contributed by atoms with Crippen LogP contribution in [0.1, 0.15) is 39.7 Å². The molecule has 2 fully saturated rings. The molecule has 2 aromatic carbocycles. The molecule has 3 aliphatic rings. The number of fused-ring (bicyclic) bond motifs is 4. The first-order valence-electron chi connectivity index (χ1n) is 10.6. The molecule has 2 saturated heterocycles. The van der Waals surface area contributed by atoms with Gasteiger partial charge in [0.25, 0.3) is 0 Å². The van der Waals surface area contributed by atoms with Gasteiger partial charge < -0.3 is 14.8 Å². The van der Waals surface area contributed by atoms with E-state index in [0.717, 1.165) is 44.9 Å². The minimum absolute atomic E-state index is 0.00660. The molecule has 0 aliphatic carbocycles. The first-order valence-corrected chi connectivity index (χ1v) is 10.6. The maximum absolute atomic E-state index is 7.07. The van der Waals surface area contributed by atoms with Gasteiger partial charge in [0.15, 0.2) is 5.72 Å². The first-order chi connectivity index (χ1) is 13.3. The summed E-state index contributed by atoms with van der Waals surface area (Å²) in [6, 6.07) is 13.1. The van der Waals surface area contributed by atoms with Gasteiger partial charge in [-0.15, -0.1) is 0 Å². The maximum atomic E-state index is 7.07. The number of benzene rings is 2. The van der Waals surface area contributed by atoms with E-state index in [1.165, 1.54) is 16.3 Å². The van der Waals surface area contributed by atoms with Gasteiger partial charge in [-0.3, -0.25) is 4.90 Å². The van der Waals surface area contributed by atoms with Crippen molar-refractivity contribution in [3.05, 3.63) is 42.0 Å². The van der Waals surface area contributed by atoms with Gasteiger partial charge >= 0.3 is 0 Å². The Balaban J connectivity index is 1.68. The summed E-state index contributed by atoms with van der Waals surface area (Å²) in [6.45, 7) is 12.8. The Hall–Kier alpha value is -1.62. The zero-order valence-electron chi connectivity index (χ0n) is 17.5. The summed E-state index contributed by atoms with van der Waals surface area (Å²) in [7, 11) is 0. The van der Waals surface area contributed by atoms with Crippen molar-refractivity contribution in [2.24, 2.45) is 5.92 Å². The predicted octanol–water partition coefficient (Wildman–Crippen LogP) is 3.97. The van der Waals surface area contributed by atoms with Crippen LogP contribution in [0, 0.1) is 5.92 Å². The highest BCUT2D eigenvalue weighted by molar-refractivity contribution is 5.88. The lowest BCUT2D eigenvalue weighted by Crippen LogP contribution is -2.77. The van der Waals surface area contributed by atoms with Crippen LogP contribution in [0.4, 0.5) is 0 Å². The van der Waals surface area contributed by atoms with E-state index < -0.39 is 0 Å². The highest BCUT2D eigenvalue weighted by atomic mass is 16.5. The molecular formula is C24H32N2O2. The van der Waals surface area contributed by atoms with Crippen molar-refractivity contribution in [3.63, 3.8) is 0 Å². The van der Waals surface area contributed by atoms with Crippen LogP contribution < -0.4 is 10.1 Å². The molecule has 3 aliphatic heterocycles.